The van der Waals surface area contributed by atoms with Gasteiger partial charge in [-0.1, -0.05) is 17.7 Å². The van der Waals surface area contributed by atoms with Crippen LogP contribution in [-0.2, 0) is 11.0 Å². The van der Waals surface area contributed by atoms with Gasteiger partial charge in [-0.15, -0.1) is 0 Å². The van der Waals surface area contributed by atoms with Gasteiger partial charge < -0.3 is 20.8 Å². The third kappa shape index (κ3) is 4.83. The summed E-state index contributed by atoms with van der Waals surface area (Å²) in [4.78, 5) is 0. The zero-order valence-electron chi connectivity index (χ0n) is 8.78. The number of rotatable bonds is 7. The van der Waals surface area contributed by atoms with Gasteiger partial charge in [-0.3, -0.25) is 0 Å². The standard InChI is InChI=1S/C10H17BN2O2/c12-8-15-11-7-9-2-1-3-10(6-9)13-4-5-14/h1-3,6,11,13-14H,4-5,7-8,12H2. The summed E-state index contributed by atoms with van der Waals surface area (Å²) in [6.07, 6.45) is 0.853. The molecule has 0 saturated heterocycles. The maximum atomic E-state index is 8.67. The molecule has 0 aliphatic carbocycles. The third-order valence-electron chi connectivity index (χ3n) is 2.02. The van der Waals surface area contributed by atoms with Crippen LogP contribution in [-0.4, -0.2) is 32.5 Å². The number of hydrogen-bond donors (Lipinski definition) is 3. The van der Waals surface area contributed by atoms with Gasteiger partial charge in [0.05, 0.1) is 13.3 Å². The predicted molar refractivity (Wildman–Crippen MR) is 63.0 cm³/mol. The van der Waals surface area contributed by atoms with Gasteiger partial charge in [0.1, 0.15) is 0 Å². The van der Waals surface area contributed by atoms with Gasteiger partial charge in [0.2, 0.25) is 0 Å². The summed E-state index contributed by atoms with van der Waals surface area (Å²) >= 11 is 0. The van der Waals surface area contributed by atoms with Gasteiger partial charge in [0.25, 0.3) is 7.48 Å². The molecule has 0 spiro atoms. The fourth-order valence-corrected chi connectivity index (χ4v) is 1.31. The highest BCUT2D eigenvalue weighted by molar-refractivity contribution is 6.26. The van der Waals surface area contributed by atoms with E-state index in [2.05, 4.69) is 11.4 Å². The zero-order chi connectivity index (χ0) is 10.9. The van der Waals surface area contributed by atoms with Crippen molar-refractivity contribution < 1.29 is 9.76 Å². The average Bonchev–Trinajstić information content (AvgIpc) is 2.27. The maximum absolute atomic E-state index is 8.67. The van der Waals surface area contributed by atoms with Crippen molar-refractivity contribution in [1.29, 1.82) is 0 Å². The van der Waals surface area contributed by atoms with E-state index in [1.165, 1.54) is 5.56 Å². The molecule has 4 N–H and O–H groups in total. The highest BCUT2D eigenvalue weighted by Crippen LogP contribution is 2.10. The first kappa shape index (κ1) is 12.0. The summed E-state index contributed by atoms with van der Waals surface area (Å²) in [5.74, 6) is 0. The van der Waals surface area contributed by atoms with Crippen LogP contribution in [0.4, 0.5) is 5.69 Å². The van der Waals surface area contributed by atoms with Crippen LogP contribution < -0.4 is 11.1 Å². The summed E-state index contributed by atoms with van der Waals surface area (Å²) in [5.41, 5.74) is 7.45. The number of hydrogen-bond acceptors (Lipinski definition) is 4. The number of aliphatic hydroxyl groups is 1. The zero-order valence-corrected chi connectivity index (χ0v) is 8.78. The minimum atomic E-state index is 0.139. The Kier molecular flexibility index (Phi) is 5.84. The largest absolute Gasteiger partial charge is 0.427 e. The van der Waals surface area contributed by atoms with Gasteiger partial charge in [0, 0.05) is 12.2 Å². The highest BCUT2D eigenvalue weighted by Gasteiger charge is 1.97. The Balaban J connectivity index is 2.42. The lowest BCUT2D eigenvalue weighted by molar-refractivity contribution is 0.311. The minimum absolute atomic E-state index is 0.139. The van der Waals surface area contributed by atoms with Crippen LogP contribution >= 0.6 is 0 Å². The van der Waals surface area contributed by atoms with E-state index in [1.807, 2.05) is 18.2 Å². The number of benzene rings is 1. The molecular formula is C10H17BN2O2. The van der Waals surface area contributed by atoms with Crippen LogP contribution in [0.1, 0.15) is 5.56 Å². The lowest BCUT2D eigenvalue weighted by Crippen LogP contribution is -2.11. The molecule has 0 aromatic heterocycles. The molecule has 0 fully saturated rings. The predicted octanol–water partition coefficient (Wildman–Crippen LogP) is -0.125. The third-order valence-corrected chi connectivity index (χ3v) is 2.02. The Bertz CT molecular complexity index is 284. The molecule has 0 atom stereocenters. The van der Waals surface area contributed by atoms with Crippen LogP contribution in [0.3, 0.4) is 0 Å². The molecule has 0 unspecified atom stereocenters. The van der Waals surface area contributed by atoms with Crippen molar-refractivity contribution in [3.63, 3.8) is 0 Å². The normalized spacial score (nSPS) is 10.0. The SMILES string of the molecule is NCOBCc1cccc(NCCO)c1. The lowest BCUT2D eigenvalue weighted by Gasteiger charge is -2.06. The van der Waals surface area contributed by atoms with Gasteiger partial charge in [-0.25, -0.2) is 0 Å². The van der Waals surface area contributed by atoms with E-state index in [-0.39, 0.29) is 13.3 Å². The van der Waals surface area contributed by atoms with Gasteiger partial charge in [-0.05, 0) is 18.5 Å². The first-order valence-corrected chi connectivity index (χ1v) is 5.08. The molecule has 0 aliphatic rings. The van der Waals surface area contributed by atoms with E-state index < -0.39 is 0 Å². The van der Waals surface area contributed by atoms with E-state index >= 15 is 0 Å². The molecule has 0 heterocycles. The van der Waals surface area contributed by atoms with Crippen molar-refractivity contribution in [3.8, 4) is 0 Å². The second-order valence-electron chi connectivity index (χ2n) is 3.18. The van der Waals surface area contributed by atoms with Crippen molar-refractivity contribution in [2.24, 2.45) is 5.73 Å². The lowest BCUT2D eigenvalue weighted by atomic mass is 9.89. The molecule has 15 heavy (non-hydrogen) atoms. The topological polar surface area (TPSA) is 67.5 Å². The number of nitrogens with one attached hydrogen (secondary N) is 1. The van der Waals surface area contributed by atoms with Crippen molar-refractivity contribution in [1.82, 2.24) is 0 Å². The molecule has 4 nitrogen and oxygen atoms in total. The monoisotopic (exact) mass is 208 g/mol. The second-order valence-corrected chi connectivity index (χ2v) is 3.18. The number of nitrogens with two attached hydrogens (primary N) is 1. The van der Waals surface area contributed by atoms with E-state index in [1.54, 1.807) is 0 Å². The maximum Gasteiger partial charge on any atom is 0.281 e. The molecule has 0 amide bonds. The number of aliphatic hydroxyl groups excluding tert-OH is 1. The van der Waals surface area contributed by atoms with E-state index in [0.717, 1.165) is 12.0 Å². The summed E-state index contributed by atoms with van der Waals surface area (Å²) in [6, 6.07) is 8.06. The van der Waals surface area contributed by atoms with E-state index in [4.69, 9.17) is 15.5 Å². The van der Waals surface area contributed by atoms with Crippen molar-refractivity contribution in [3.05, 3.63) is 29.8 Å². The molecule has 1 rings (SSSR count). The van der Waals surface area contributed by atoms with Gasteiger partial charge in [-0.2, -0.15) is 0 Å². The quantitative estimate of drug-likeness (QED) is 0.332. The fraction of sp³-hybridized carbons (Fsp3) is 0.400. The molecule has 0 saturated carbocycles. The Labute approximate surface area is 90.7 Å². The Morgan fingerprint density at radius 3 is 3.07 bits per heavy atom. The fourth-order valence-electron chi connectivity index (χ4n) is 1.31. The Morgan fingerprint density at radius 2 is 2.33 bits per heavy atom. The van der Waals surface area contributed by atoms with E-state index in [0.29, 0.717) is 14.0 Å². The van der Waals surface area contributed by atoms with E-state index in [9.17, 15) is 0 Å². The van der Waals surface area contributed by atoms with Crippen LogP contribution in [0.25, 0.3) is 0 Å². The summed E-state index contributed by atoms with van der Waals surface area (Å²) in [6.45, 7) is 0.978. The first-order chi connectivity index (χ1) is 7.36. The molecule has 0 bridgehead atoms. The second kappa shape index (κ2) is 7.28. The molecule has 0 radical (unpaired) electrons. The summed E-state index contributed by atoms with van der Waals surface area (Å²) in [7, 11) is 0.639. The molecule has 0 aliphatic heterocycles. The minimum Gasteiger partial charge on any atom is -0.427 e. The van der Waals surface area contributed by atoms with Crippen LogP contribution in [0.5, 0.6) is 0 Å². The first-order valence-electron chi connectivity index (χ1n) is 5.08. The Hall–Kier alpha value is -1.04. The van der Waals surface area contributed by atoms with Crippen molar-refractivity contribution >= 4 is 13.2 Å². The molecule has 82 valence electrons. The highest BCUT2D eigenvalue weighted by atomic mass is 16.4. The number of anilines is 1. The molecular weight excluding hydrogens is 191 g/mol. The van der Waals surface area contributed by atoms with Crippen LogP contribution in [0, 0.1) is 0 Å². The van der Waals surface area contributed by atoms with Gasteiger partial charge in [0.15, 0.2) is 0 Å². The van der Waals surface area contributed by atoms with Crippen molar-refractivity contribution in [2.45, 2.75) is 6.32 Å². The summed E-state index contributed by atoms with van der Waals surface area (Å²) in [5, 5.41) is 11.8. The molecule has 1 aromatic carbocycles. The Morgan fingerprint density at radius 1 is 1.47 bits per heavy atom. The van der Waals surface area contributed by atoms with Gasteiger partial charge >= 0.3 is 0 Å². The van der Waals surface area contributed by atoms with Crippen LogP contribution in [0.2, 0.25) is 0 Å². The smallest absolute Gasteiger partial charge is 0.281 e. The van der Waals surface area contributed by atoms with Crippen molar-refractivity contribution in [2.75, 3.05) is 25.2 Å². The average molecular weight is 208 g/mol. The van der Waals surface area contributed by atoms with Crippen LogP contribution in [0.15, 0.2) is 24.3 Å². The summed E-state index contributed by atoms with van der Waals surface area (Å²) < 4.78 is 5.08. The molecule has 1 aromatic rings. The molecule has 5 heteroatoms.